The zero-order chi connectivity index (χ0) is 23.8. The molecule has 0 radical (unpaired) electrons. The lowest BCUT2D eigenvalue weighted by Crippen LogP contribution is -2.13. The molecular weight excluding hydrogens is 440 g/mol. The second-order valence-corrected chi connectivity index (χ2v) is 7.78. The zero-order valence-electron chi connectivity index (χ0n) is 18.9. The molecule has 33 heavy (non-hydrogen) atoms. The van der Waals surface area contributed by atoms with Gasteiger partial charge in [0.25, 0.3) is 5.91 Å². The Labute approximate surface area is 198 Å². The maximum Gasteiger partial charge on any atom is 0.255 e. The molecule has 0 aliphatic carbocycles. The van der Waals surface area contributed by atoms with Crippen molar-refractivity contribution < 1.29 is 14.3 Å². The average molecular weight is 467 g/mol. The first-order chi connectivity index (χ1) is 15.9. The molecule has 0 bridgehead atoms. The predicted molar refractivity (Wildman–Crippen MR) is 132 cm³/mol. The molecule has 0 saturated carbocycles. The zero-order valence-corrected chi connectivity index (χ0v) is 19.6. The lowest BCUT2D eigenvalue weighted by atomic mass is 10.2. The van der Waals surface area contributed by atoms with Crippen LogP contribution in [-0.4, -0.2) is 28.7 Å². The van der Waals surface area contributed by atoms with E-state index in [0.29, 0.717) is 27.8 Å². The fourth-order valence-corrected chi connectivity index (χ4v) is 3.52. The van der Waals surface area contributed by atoms with Gasteiger partial charge < -0.3 is 15.4 Å². The normalized spacial score (nSPS) is 10.9. The second-order valence-electron chi connectivity index (χ2n) is 7.42. The van der Waals surface area contributed by atoms with Gasteiger partial charge in [0.2, 0.25) is 5.91 Å². The van der Waals surface area contributed by atoms with Crippen LogP contribution in [0.1, 0.15) is 41.4 Å². The second kappa shape index (κ2) is 11.3. The summed E-state index contributed by atoms with van der Waals surface area (Å²) in [7, 11) is 1.55. The van der Waals surface area contributed by atoms with E-state index >= 15 is 0 Å². The number of para-hydroxylation sites is 2. The molecule has 8 heteroatoms. The van der Waals surface area contributed by atoms with Crippen LogP contribution in [0.4, 0.5) is 11.4 Å². The topological polar surface area (TPSA) is 85.2 Å². The van der Waals surface area contributed by atoms with Gasteiger partial charge in [-0.25, -0.2) is 0 Å². The lowest BCUT2D eigenvalue weighted by molar-refractivity contribution is -0.111. The van der Waals surface area contributed by atoms with Crippen molar-refractivity contribution in [3.63, 3.8) is 0 Å². The van der Waals surface area contributed by atoms with E-state index in [1.165, 1.54) is 6.08 Å². The van der Waals surface area contributed by atoms with Crippen LogP contribution in [0.15, 0.2) is 54.6 Å². The van der Waals surface area contributed by atoms with E-state index < -0.39 is 0 Å². The van der Waals surface area contributed by atoms with Gasteiger partial charge in [0.1, 0.15) is 10.9 Å². The van der Waals surface area contributed by atoms with E-state index in [1.807, 2.05) is 19.1 Å². The van der Waals surface area contributed by atoms with Gasteiger partial charge in [0.05, 0.1) is 18.5 Å². The molecule has 2 amide bonds. The van der Waals surface area contributed by atoms with Gasteiger partial charge >= 0.3 is 0 Å². The molecule has 3 aromatic rings. The number of halogens is 1. The van der Waals surface area contributed by atoms with Crippen LogP contribution >= 0.6 is 11.6 Å². The van der Waals surface area contributed by atoms with Crippen molar-refractivity contribution in [3.05, 3.63) is 76.6 Å². The van der Waals surface area contributed by atoms with Crippen LogP contribution in [0.3, 0.4) is 0 Å². The first-order valence-electron chi connectivity index (χ1n) is 10.7. The molecule has 0 aliphatic heterocycles. The Hall–Kier alpha value is -3.58. The summed E-state index contributed by atoms with van der Waals surface area (Å²) in [5, 5.41) is 10.6. The van der Waals surface area contributed by atoms with Crippen molar-refractivity contribution in [2.45, 2.75) is 33.2 Å². The molecule has 0 saturated heterocycles. The minimum Gasteiger partial charge on any atom is -0.495 e. The van der Waals surface area contributed by atoms with Crippen LogP contribution in [0, 0.1) is 6.92 Å². The number of hydrogen-bond acceptors (Lipinski definition) is 4. The number of rotatable bonds is 9. The first-order valence-corrected chi connectivity index (χ1v) is 11.1. The van der Waals surface area contributed by atoms with Crippen molar-refractivity contribution in [1.82, 2.24) is 9.78 Å². The number of benzene rings is 2. The molecule has 7 nitrogen and oxygen atoms in total. The molecule has 1 aromatic heterocycles. The fourth-order valence-electron chi connectivity index (χ4n) is 3.20. The Morgan fingerprint density at radius 1 is 1.12 bits per heavy atom. The summed E-state index contributed by atoms with van der Waals surface area (Å²) in [6, 6.07) is 13.8. The molecule has 0 unspecified atom stereocenters. The van der Waals surface area contributed by atoms with E-state index in [9.17, 15) is 9.59 Å². The van der Waals surface area contributed by atoms with Crippen molar-refractivity contribution >= 4 is 40.9 Å². The van der Waals surface area contributed by atoms with Crippen molar-refractivity contribution in [2.24, 2.45) is 0 Å². The summed E-state index contributed by atoms with van der Waals surface area (Å²) < 4.78 is 7.01. The highest BCUT2D eigenvalue weighted by molar-refractivity contribution is 6.31. The van der Waals surface area contributed by atoms with Crippen molar-refractivity contribution in [2.75, 3.05) is 17.7 Å². The summed E-state index contributed by atoms with van der Waals surface area (Å²) in [5.41, 5.74) is 3.10. The Bertz CT molecular complexity index is 1150. The fraction of sp³-hybridized carbons (Fsp3) is 0.240. The number of amides is 2. The summed E-state index contributed by atoms with van der Waals surface area (Å²) in [4.78, 5) is 24.9. The van der Waals surface area contributed by atoms with Crippen LogP contribution in [0.2, 0.25) is 5.15 Å². The van der Waals surface area contributed by atoms with Gasteiger partial charge in [-0.3, -0.25) is 14.3 Å². The standard InChI is InChI=1S/C25H27ClN4O3/c1-4-5-16-30-24(26)20(17(2)29-30)14-15-23(31)27-19-12-10-18(11-13-19)25(32)28-21-8-6-7-9-22(21)33-3/h6-15H,4-5,16H2,1-3H3,(H,27,31)(H,28,32)/b15-14+. The first kappa shape index (κ1) is 24.1. The van der Waals surface area contributed by atoms with E-state index in [0.717, 1.165) is 30.6 Å². The minimum atomic E-state index is -0.307. The van der Waals surface area contributed by atoms with Gasteiger partial charge in [-0.1, -0.05) is 37.1 Å². The Kier molecular flexibility index (Phi) is 8.27. The number of unbranched alkanes of at least 4 members (excludes halogenated alkanes) is 1. The molecule has 0 fully saturated rings. The summed E-state index contributed by atoms with van der Waals surface area (Å²) >= 11 is 6.40. The maximum absolute atomic E-state index is 12.5. The number of nitrogens with one attached hydrogen (secondary N) is 2. The Balaban J connectivity index is 1.61. The van der Waals surface area contributed by atoms with Gasteiger partial charge in [0.15, 0.2) is 0 Å². The summed E-state index contributed by atoms with van der Waals surface area (Å²) in [5.74, 6) is -0.00626. The van der Waals surface area contributed by atoms with Crippen LogP contribution in [0.5, 0.6) is 5.75 Å². The predicted octanol–water partition coefficient (Wildman–Crippen LogP) is 5.56. The van der Waals surface area contributed by atoms with Crippen molar-refractivity contribution in [1.29, 1.82) is 0 Å². The van der Waals surface area contributed by atoms with Gasteiger partial charge in [-0.05, 0) is 55.8 Å². The van der Waals surface area contributed by atoms with E-state index in [2.05, 4.69) is 22.7 Å². The van der Waals surface area contributed by atoms with Gasteiger partial charge in [-0.2, -0.15) is 5.10 Å². The average Bonchev–Trinajstić information content (AvgIpc) is 3.09. The molecule has 2 aromatic carbocycles. The maximum atomic E-state index is 12.5. The highest BCUT2D eigenvalue weighted by Gasteiger charge is 2.12. The molecule has 3 rings (SSSR count). The number of hydrogen-bond donors (Lipinski definition) is 2. The van der Waals surface area contributed by atoms with Gasteiger partial charge in [-0.15, -0.1) is 0 Å². The molecule has 0 atom stereocenters. The van der Waals surface area contributed by atoms with Crippen LogP contribution < -0.4 is 15.4 Å². The SMILES string of the molecule is CCCCn1nc(C)c(/C=C/C(=O)Nc2ccc(C(=O)Nc3ccccc3OC)cc2)c1Cl. The molecule has 2 N–H and O–H groups in total. The number of aryl methyl sites for hydroxylation is 2. The smallest absolute Gasteiger partial charge is 0.255 e. The Morgan fingerprint density at radius 2 is 1.85 bits per heavy atom. The highest BCUT2D eigenvalue weighted by atomic mass is 35.5. The third kappa shape index (κ3) is 6.23. The largest absolute Gasteiger partial charge is 0.495 e. The number of nitrogens with zero attached hydrogens (tertiary/aromatic N) is 2. The molecule has 1 heterocycles. The van der Waals surface area contributed by atoms with E-state index in [1.54, 1.807) is 54.3 Å². The number of anilines is 2. The number of carbonyl (C=O) groups is 2. The quantitative estimate of drug-likeness (QED) is 0.404. The molecular formula is C25H27ClN4O3. The van der Waals surface area contributed by atoms with E-state index in [4.69, 9.17) is 16.3 Å². The summed E-state index contributed by atoms with van der Waals surface area (Å²) in [6.07, 6.45) is 5.11. The number of ether oxygens (including phenoxy) is 1. The number of aromatic nitrogens is 2. The van der Waals surface area contributed by atoms with Crippen LogP contribution in [-0.2, 0) is 11.3 Å². The number of carbonyl (C=O) groups excluding carboxylic acids is 2. The molecule has 0 spiro atoms. The lowest BCUT2D eigenvalue weighted by Gasteiger charge is -2.10. The minimum absolute atomic E-state index is 0.275. The molecule has 0 aliphatic rings. The number of methoxy groups -OCH3 is 1. The van der Waals surface area contributed by atoms with Crippen molar-refractivity contribution in [3.8, 4) is 5.75 Å². The summed E-state index contributed by atoms with van der Waals surface area (Å²) in [6.45, 7) is 4.71. The molecule has 172 valence electrons. The third-order valence-electron chi connectivity index (χ3n) is 5.00. The van der Waals surface area contributed by atoms with E-state index in [-0.39, 0.29) is 11.8 Å². The van der Waals surface area contributed by atoms with Gasteiger partial charge in [0, 0.05) is 29.4 Å². The third-order valence-corrected chi connectivity index (χ3v) is 5.40. The van der Waals surface area contributed by atoms with Crippen LogP contribution in [0.25, 0.3) is 6.08 Å². The highest BCUT2D eigenvalue weighted by Crippen LogP contribution is 2.24. The monoisotopic (exact) mass is 466 g/mol. The Morgan fingerprint density at radius 3 is 2.55 bits per heavy atom.